The van der Waals surface area contributed by atoms with E-state index >= 15 is 26.3 Å². The van der Waals surface area contributed by atoms with Crippen molar-refractivity contribution >= 4 is 46.4 Å². The van der Waals surface area contributed by atoms with Crippen molar-refractivity contribution in [1.29, 1.82) is 0 Å². The fourth-order valence-electron chi connectivity index (χ4n) is 6.39. The lowest BCUT2D eigenvalue weighted by Gasteiger charge is -2.40. The molecule has 17 heteroatoms. The molecule has 7 rings (SSSR count). The van der Waals surface area contributed by atoms with Crippen molar-refractivity contribution in [3.8, 4) is 34.6 Å². The third kappa shape index (κ3) is 5.96. The third-order valence-electron chi connectivity index (χ3n) is 9.23. The van der Waals surface area contributed by atoms with E-state index in [-0.39, 0.29) is 39.1 Å². The summed E-state index contributed by atoms with van der Waals surface area (Å²) in [5, 5.41) is 0. The van der Waals surface area contributed by atoms with Crippen molar-refractivity contribution < 1.29 is 57.1 Å². The van der Waals surface area contributed by atoms with Crippen LogP contribution in [0.4, 0.5) is 57.1 Å². The van der Waals surface area contributed by atoms with Gasteiger partial charge < -0.3 is 9.97 Å². The molecule has 0 amide bonds. The molecule has 57 heavy (non-hydrogen) atoms. The predicted octanol–water partition coefficient (Wildman–Crippen LogP) is 12.2. The first-order valence-corrected chi connectivity index (χ1v) is 16.3. The molecule has 0 unspecified atom stereocenters. The van der Waals surface area contributed by atoms with Crippen molar-refractivity contribution in [1.82, 2.24) is 19.9 Å². The molecule has 5 aromatic rings. The standard InChI is InChI=1S/C40H21F13N4/c1-2-21-19-31-33(23-11-7-4-8-12-23)27-16-18-29(56-27)34(35(41,42)36(43,44)37(45,46)38(47,48)39(49,50)40(51,52)53)28-17-15-26(55-28)32(22-9-5-3-6-10-22)25-14-13-24(54-25)20-30(21)57-31/h1,3-20,54,57H. The Hall–Kier alpha value is -6.31. The van der Waals surface area contributed by atoms with Gasteiger partial charge in [-0.15, -0.1) is 6.42 Å². The number of H-pyrrole nitrogens is 2. The highest BCUT2D eigenvalue weighted by molar-refractivity contribution is 5.94. The SMILES string of the molecule is C#Cc1cc2[nH]c1cc1ccc([nH]1)c(-c1ccccc1)c1nc(c(C(F)(F)C(F)(F)C(F)(F)C(F)(F)C(F)(F)C(F)(F)F)c3nc(c2-c2ccccc2)C=C3)C=C1. The number of fused-ring (bicyclic) bond motifs is 8. The van der Waals surface area contributed by atoms with E-state index in [9.17, 15) is 30.7 Å². The summed E-state index contributed by atoms with van der Waals surface area (Å²) in [6, 6.07) is 21.9. The zero-order valence-electron chi connectivity index (χ0n) is 28.3. The second-order valence-electron chi connectivity index (χ2n) is 12.8. The van der Waals surface area contributed by atoms with Gasteiger partial charge in [0.2, 0.25) is 0 Å². The molecular formula is C40H21F13N4. The maximum Gasteiger partial charge on any atom is 0.460 e. The molecule has 0 aliphatic carbocycles. The molecule has 0 saturated carbocycles. The molecular weight excluding hydrogens is 783 g/mol. The molecule has 2 aromatic carbocycles. The van der Waals surface area contributed by atoms with Gasteiger partial charge in [-0.3, -0.25) is 0 Å². The van der Waals surface area contributed by atoms with Gasteiger partial charge in [-0.1, -0.05) is 66.6 Å². The molecule has 0 atom stereocenters. The number of hydrogen-bond donors (Lipinski definition) is 2. The number of aromatic nitrogens is 4. The highest BCUT2D eigenvalue weighted by atomic mass is 19.4. The Kier molecular flexibility index (Phi) is 8.98. The van der Waals surface area contributed by atoms with E-state index in [1.165, 1.54) is 24.3 Å². The summed E-state index contributed by atoms with van der Waals surface area (Å²) in [4.78, 5) is 14.2. The quantitative estimate of drug-likeness (QED) is 0.125. The van der Waals surface area contributed by atoms with Crippen LogP contribution < -0.4 is 0 Å². The van der Waals surface area contributed by atoms with Crippen LogP contribution in [0.2, 0.25) is 0 Å². The van der Waals surface area contributed by atoms with Gasteiger partial charge >= 0.3 is 35.8 Å². The maximum absolute atomic E-state index is 16.5. The van der Waals surface area contributed by atoms with E-state index < -0.39 is 52.7 Å². The second kappa shape index (κ2) is 13.1. The lowest BCUT2D eigenvalue weighted by Crippen LogP contribution is -2.69. The lowest BCUT2D eigenvalue weighted by atomic mass is 9.89. The fraction of sp³-hybridized carbons (Fsp3) is 0.150. The smallest absolute Gasteiger partial charge is 0.355 e. The minimum Gasteiger partial charge on any atom is -0.355 e. The third-order valence-corrected chi connectivity index (χ3v) is 9.23. The summed E-state index contributed by atoms with van der Waals surface area (Å²) < 4.78 is 190. The largest absolute Gasteiger partial charge is 0.460 e. The van der Waals surface area contributed by atoms with E-state index in [1.807, 2.05) is 0 Å². The van der Waals surface area contributed by atoms with Gasteiger partial charge in [-0.2, -0.15) is 57.1 Å². The zero-order valence-corrected chi connectivity index (χ0v) is 28.3. The van der Waals surface area contributed by atoms with Crippen LogP contribution in [0.1, 0.15) is 33.9 Å². The lowest BCUT2D eigenvalue weighted by molar-refractivity contribution is -0.441. The van der Waals surface area contributed by atoms with Crippen LogP contribution in [-0.2, 0) is 5.92 Å². The summed E-state index contributed by atoms with van der Waals surface area (Å²) in [5.41, 5.74) is -3.13. The number of halogens is 13. The summed E-state index contributed by atoms with van der Waals surface area (Å²) >= 11 is 0. The number of hydrogen-bond acceptors (Lipinski definition) is 2. The number of nitrogens with one attached hydrogen (secondary N) is 2. The Bertz CT molecular complexity index is 2670. The molecule has 292 valence electrons. The van der Waals surface area contributed by atoms with Crippen LogP contribution in [0.3, 0.4) is 0 Å². The monoisotopic (exact) mass is 804 g/mol. The first kappa shape index (κ1) is 38.9. The second-order valence-corrected chi connectivity index (χ2v) is 12.8. The van der Waals surface area contributed by atoms with Gasteiger partial charge in [0.15, 0.2) is 0 Å². The highest BCUT2D eigenvalue weighted by Gasteiger charge is 2.91. The number of terminal acetylenes is 1. The van der Waals surface area contributed by atoms with E-state index in [0.717, 1.165) is 12.2 Å². The van der Waals surface area contributed by atoms with Crippen molar-refractivity contribution in [2.24, 2.45) is 0 Å². The van der Waals surface area contributed by atoms with Crippen LogP contribution in [0, 0.1) is 12.3 Å². The topological polar surface area (TPSA) is 57.4 Å². The maximum atomic E-state index is 16.5. The van der Waals surface area contributed by atoms with Gasteiger partial charge in [-0.25, -0.2) is 9.97 Å². The van der Waals surface area contributed by atoms with Crippen molar-refractivity contribution in [2.75, 3.05) is 0 Å². The molecule has 0 spiro atoms. The summed E-state index contributed by atoms with van der Waals surface area (Å²) in [6.45, 7) is 0. The molecule has 2 aliphatic heterocycles. The van der Waals surface area contributed by atoms with Gasteiger partial charge in [0.1, 0.15) is 0 Å². The Morgan fingerprint density at radius 3 is 1.44 bits per heavy atom. The molecule has 0 saturated heterocycles. The first-order chi connectivity index (χ1) is 26.6. The summed E-state index contributed by atoms with van der Waals surface area (Å²) in [7, 11) is 0. The molecule has 2 aliphatic rings. The minimum atomic E-state index is -8.11. The number of benzene rings is 2. The first-order valence-electron chi connectivity index (χ1n) is 16.3. The van der Waals surface area contributed by atoms with E-state index in [0.29, 0.717) is 34.3 Å². The van der Waals surface area contributed by atoms with Gasteiger partial charge in [0.25, 0.3) is 0 Å². The molecule has 2 N–H and O–H groups in total. The van der Waals surface area contributed by atoms with E-state index in [4.69, 9.17) is 6.42 Å². The molecule has 8 bridgehead atoms. The van der Waals surface area contributed by atoms with E-state index in [2.05, 4.69) is 25.9 Å². The van der Waals surface area contributed by atoms with Crippen LogP contribution in [0.5, 0.6) is 0 Å². The Balaban J connectivity index is 1.65. The minimum absolute atomic E-state index is 0.0734. The van der Waals surface area contributed by atoms with Crippen LogP contribution in [-0.4, -0.2) is 49.8 Å². The van der Waals surface area contributed by atoms with Gasteiger partial charge in [-0.05, 0) is 59.7 Å². The summed E-state index contributed by atoms with van der Waals surface area (Å²) in [6.07, 6.45) is 1.49. The molecule has 4 nitrogen and oxygen atoms in total. The van der Waals surface area contributed by atoms with Crippen molar-refractivity contribution in [3.63, 3.8) is 0 Å². The predicted molar refractivity (Wildman–Crippen MR) is 187 cm³/mol. The highest BCUT2D eigenvalue weighted by Crippen LogP contribution is 2.62. The molecule has 0 fully saturated rings. The Labute approximate surface area is 312 Å². The molecule has 0 radical (unpaired) electrons. The number of alkyl halides is 13. The van der Waals surface area contributed by atoms with E-state index in [1.54, 1.807) is 60.7 Å². The van der Waals surface area contributed by atoms with Gasteiger partial charge in [0.05, 0.1) is 33.9 Å². The fourth-order valence-corrected chi connectivity index (χ4v) is 6.39. The van der Waals surface area contributed by atoms with Crippen LogP contribution >= 0.6 is 0 Å². The molecule has 3 aromatic heterocycles. The van der Waals surface area contributed by atoms with Crippen LogP contribution in [0.15, 0.2) is 84.9 Å². The number of rotatable bonds is 7. The zero-order chi connectivity index (χ0) is 41.3. The van der Waals surface area contributed by atoms with Crippen molar-refractivity contribution in [2.45, 2.75) is 35.8 Å². The number of nitrogens with zero attached hydrogens (tertiary/aromatic N) is 2. The van der Waals surface area contributed by atoms with Crippen LogP contribution in [0.25, 0.3) is 68.6 Å². The van der Waals surface area contributed by atoms with Crippen molar-refractivity contribution in [3.05, 3.63) is 119 Å². The normalized spacial score (nSPS) is 13.9. The summed E-state index contributed by atoms with van der Waals surface area (Å²) in [5.74, 6) is -35.9. The average Bonchev–Trinajstić information content (AvgIpc) is 3.98. The molecule has 5 heterocycles. The number of aromatic amines is 2. The average molecular weight is 805 g/mol. The Morgan fingerprint density at radius 1 is 0.474 bits per heavy atom. The van der Waals surface area contributed by atoms with Gasteiger partial charge in [0, 0.05) is 33.2 Å². The Morgan fingerprint density at radius 2 is 0.947 bits per heavy atom.